The average Bonchev–Trinajstić information content (AvgIpc) is 3.01. The van der Waals surface area contributed by atoms with Crippen molar-refractivity contribution in [2.75, 3.05) is 19.7 Å². The van der Waals surface area contributed by atoms with Gasteiger partial charge >= 0.3 is 5.97 Å². The van der Waals surface area contributed by atoms with Gasteiger partial charge in [0, 0.05) is 13.1 Å². The maximum absolute atomic E-state index is 12.1. The van der Waals surface area contributed by atoms with E-state index in [1.807, 2.05) is 4.90 Å². The number of hydrogen-bond donors (Lipinski definition) is 0. The van der Waals surface area contributed by atoms with E-state index in [-0.39, 0.29) is 11.9 Å². The molecule has 1 amide bonds. The molecular weight excluding hydrogens is 270 g/mol. The third-order valence-corrected chi connectivity index (χ3v) is 3.44. The summed E-state index contributed by atoms with van der Waals surface area (Å²) in [5, 5.41) is 0. The summed E-state index contributed by atoms with van der Waals surface area (Å²) in [7, 11) is 0. The van der Waals surface area contributed by atoms with Crippen LogP contribution in [0.3, 0.4) is 0 Å². The zero-order valence-corrected chi connectivity index (χ0v) is 12.5. The van der Waals surface area contributed by atoms with Crippen molar-refractivity contribution in [3.05, 3.63) is 29.8 Å². The first-order valence-corrected chi connectivity index (χ1v) is 7.34. The molecule has 0 spiro atoms. The van der Waals surface area contributed by atoms with E-state index < -0.39 is 6.10 Å². The van der Waals surface area contributed by atoms with Crippen LogP contribution in [0.5, 0.6) is 5.75 Å². The zero-order valence-electron chi connectivity index (χ0n) is 12.5. The molecule has 0 radical (unpaired) electrons. The van der Waals surface area contributed by atoms with Crippen molar-refractivity contribution >= 4 is 11.9 Å². The third-order valence-electron chi connectivity index (χ3n) is 3.44. The second-order valence-corrected chi connectivity index (χ2v) is 5.04. The van der Waals surface area contributed by atoms with Gasteiger partial charge in [0.25, 0.3) is 5.91 Å². The fourth-order valence-electron chi connectivity index (χ4n) is 2.33. The predicted molar refractivity (Wildman–Crippen MR) is 78.3 cm³/mol. The van der Waals surface area contributed by atoms with Gasteiger partial charge in [-0.2, -0.15) is 0 Å². The van der Waals surface area contributed by atoms with Crippen LogP contribution in [0.1, 0.15) is 37.0 Å². The molecule has 1 heterocycles. The Hall–Kier alpha value is -2.04. The van der Waals surface area contributed by atoms with Crippen molar-refractivity contribution in [1.29, 1.82) is 0 Å². The van der Waals surface area contributed by atoms with E-state index in [1.54, 1.807) is 38.1 Å². The molecule has 114 valence electrons. The fraction of sp³-hybridized carbons (Fsp3) is 0.500. The largest absolute Gasteiger partial charge is 0.481 e. The van der Waals surface area contributed by atoms with Crippen LogP contribution in [0.4, 0.5) is 0 Å². The van der Waals surface area contributed by atoms with Gasteiger partial charge in [0.05, 0.1) is 12.2 Å². The fourth-order valence-corrected chi connectivity index (χ4v) is 2.33. The number of likely N-dealkylation sites (tertiary alicyclic amines) is 1. The normalized spacial score (nSPS) is 15.6. The van der Waals surface area contributed by atoms with E-state index in [9.17, 15) is 9.59 Å². The lowest BCUT2D eigenvalue weighted by atomic mass is 10.2. The molecule has 1 aromatic carbocycles. The molecule has 0 aliphatic carbocycles. The molecule has 1 unspecified atom stereocenters. The van der Waals surface area contributed by atoms with Crippen LogP contribution in [-0.2, 0) is 9.53 Å². The summed E-state index contributed by atoms with van der Waals surface area (Å²) in [5.74, 6) is 0.232. The highest BCUT2D eigenvalue weighted by atomic mass is 16.5. The summed E-state index contributed by atoms with van der Waals surface area (Å²) in [6.07, 6.45) is 1.61. The molecular formula is C16H21NO4. The summed E-state index contributed by atoms with van der Waals surface area (Å²) in [5.41, 5.74) is 0.475. The summed E-state index contributed by atoms with van der Waals surface area (Å²) in [6.45, 7) is 5.49. The Morgan fingerprint density at radius 3 is 2.38 bits per heavy atom. The molecule has 0 N–H and O–H groups in total. The zero-order chi connectivity index (χ0) is 15.2. The number of nitrogens with zero attached hydrogens (tertiary/aromatic N) is 1. The lowest BCUT2D eigenvalue weighted by Crippen LogP contribution is -2.38. The highest BCUT2D eigenvalue weighted by Gasteiger charge is 2.24. The summed E-state index contributed by atoms with van der Waals surface area (Å²) >= 11 is 0. The molecule has 1 aliphatic rings. The molecule has 0 saturated carbocycles. The van der Waals surface area contributed by atoms with Crippen LogP contribution >= 0.6 is 0 Å². The molecule has 1 atom stereocenters. The lowest BCUT2D eigenvalue weighted by Gasteiger charge is -2.21. The molecule has 21 heavy (non-hydrogen) atoms. The molecule has 1 saturated heterocycles. The number of rotatable bonds is 5. The van der Waals surface area contributed by atoms with Crippen LogP contribution in [0.25, 0.3) is 0 Å². The van der Waals surface area contributed by atoms with E-state index in [0.29, 0.717) is 17.9 Å². The van der Waals surface area contributed by atoms with Crippen molar-refractivity contribution < 1.29 is 19.1 Å². The molecule has 5 heteroatoms. The first kappa shape index (κ1) is 15.4. The van der Waals surface area contributed by atoms with Crippen LogP contribution < -0.4 is 4.74 Å². The average molecular weight is 291 g/mol. The lowest BCUT2D eigenvalue weighted by molar-refractivity contribution is -0.136. The van der Waals surface area contributed by atoms with Crippen LogP contribution in [0.15, 0.2) is 24.3 Å². The monoisotopic (exact) mass is 291 g/mol. The number of esters is 1. The van der Waals surface area contributed by atoms with Gasteiger partial charge in [-0.05, 0) is 51.0 Å². The van der Waals surface area contributed by atoms with Crippen molar-refractivity contribution in [3.63, 3.8) is 0 Å². The number of amides is 1. The van der Waals surface area contributed by atoms with E-state index in [4.69, 9.17) is 9.47 Å². The first-order valence-electron chi connectivity index (χ1n) is 7.34. The third kappa shape index (κ3) is 3.97. The second-order valence-electron chi connectivity index (χ2n) is 5.04. The Morgan fingerprint density at radius 2 is 1.81 bits per heavy atom. The molecule has 0 bridgehead atoms. The van der Waals surface area contributed by atoms with Gasteiger partial charge in [0.1, 0.15) is 5.75 Å². The number of ether oxygens (including phenoxy) is 2. The number of benzene rings is 1. The maximum Gasteiger partial charge on any atom is 0.338 e. The van der Waals surface area contributed by atoms with E-state index >= 15 is 0 Å². The smallest absolute Gasteiger partial charge is 0.338 e. The topological polar surface area (TPSA) is 55.8 Å². The molecule has 0 aromatic heterocycles. The SMILES string of the molecule is CCOC(=O)c1ccc(OC(C)C(=O)N2CCCC2)cc1. The molecule has 1 fully saturated rings. The Balaban J connectivity index is 1.93. The van der Waals surface area contributed by atoms with Crippen molar-refractivity contribution in [1.82, 2.24) is 4.90 Å². The van der Waals surface area contributed by atoms with E-state index in [1.165, 1.54) is 0 Å². The maximum atomic E-state index is 12.1. The predicted octanol–water partition coefficient (Wildman–Crippen LogP) is 2.25. The van der Waals surface area contributed by atoms with E-state index in [0.717, 1.165) is 25.9 Å². The molecule has 2 rings (SSSR count). The van der Waals surface area contributed by atoms with Crippen LogP contribution in [0.2, 0.25) is 0 Å². The van der Waals surface area contributed by atoms with Gasteiger partial charge in [-0.3, -0.25) is 4.79 Å². The van der Waals surface area contributed by atoms with Gasteiger partial charge in [0.15, 0.2) is 6.10 Å². The Bertz CT molecular complexity index is 492. The Kier molecular flexibility index (Phi) is 5.20. The van der Waals surface area contributed by atoms with Gasteiger partial charge in [-0.25, -0.2) is 4.79 Å². The van der Waals surface area contributed by atoms with Gasteiger partial charge in [-0.1, -0.05) is 0 Å². The highest BCUT2D eigenvalue weighted by Crippen LogP contribution is 2.17. The van der Waals surface area contributed by atoms with Crippen molar-refractivity contribution in [2.24, 2.45) is 0 Å². The minimum atomic E-state index is -0.517. The Morgan fingerprint density at radius 1 is 1.19 bits per heavy atom. The standard InChI is InChI=1S/C16H21NO4/c1-3-20-16(19)13-6-8-14(9-7-13)21-12(2)15(18)17-10-4-5-11-17/h6-9,12H,3-5,10-11H2,1-2H3. The summed E-state index contributed by atoms with van der Waals surface area (Å²) in [4.78, 5) is 25.5. The quantitative estimate of drug-likeness (QED) is 0.781. The van der Waals surface area contributed by atoms with Crippen molar-refractivity contribution in [2.45, 2.75) is 32.8 Å². The number of hydrogen-bond acceptors (Lipinski definition) is 4. The number of carbonyl (C=O) groups excluding carboxylic acids is 2. The number of carbonyl (C=O) groups is 2. The molecule has 1 aliphatic heterocycles. The van der Waals surface area contributed by atoms with Crippen molar-refractivity contribution in [3.8, 4) is 5.75 Å². The van der Waals surface area contributed by atoms with Gasteiger partial charge < -0.3 is 14.4 Å². The highest BCUT2D eigenvalue weighted by molar-refractivity contribution is 5.89. The van der Waals surface area contributed by atoms with Crippen LogP contribution in [0, 0.1) is 0 Å². The van der Waals surface area contributed by atoms with Crippen LogP contribution in [-0.4, -0.2) is 42.6 Å². The van der Waals surface area contributed by atoms with Gasteiger partial charge in [-0.15, -0.1) is 0 Å². The molecule has 1 aromatic rings. The summed E-state index contributed by atoms with van der Waals surface area (Å²) < 4.78 is 10.6. The Labute approximate surface area is 124 Å². The van der Waals surface area contributed by atoms with E-state index in [2.05, 4.69) is 0 Å². The second kappa shape index (κ2) is 7.11. The molecule has 5 nitrogen and oxygen atoms in total. The summed E-state index contributed by atoms with van der Waals surface area (Å²) in [6, 6.07) is 6.64. The minimum Gasteiger partial charge on any atom is -0.481 e. The van der Waals surface area contributed by atoms with Gasteiger partial charge in [0.2, 0.25) is 0 Å². The minimum absolute atomic E-state index is 0.0157. The first-order chi connectivity index (χ1) is 10.1.